The minimum absolute atomic E-state index is 0.589. The van der Waals surface area contributed by atoms with E-state index in [2.05, 4.69) is 45.8 Å². The Hall–Kier alpha value is 0.491. The number of rotatable bonds is 10. The Balaban J connectivity index is 4.41. The molecule has 0 fully saturated rings. The Morgan fingerprint density at radius 3 is 1.63 bits per heavy atom. The highest BCUT2D eigenvalue weighted by atomic mass is 28.5. The number of ether oxygens (including phenoxy) is 1. The average molecular weight is 324 g/mol. The van der Waals surface area contributed by atoms with Gasteiger partial charge in [0, 0.05) is 13.2 Å². The summed E-state index contributed by atoms with van der Waals surface area (Å²) in [5.74, 6) is 0. The minimum atomic E-state index is -2.07. The van der Waals surface area contributed by atoms with Crippen LogP contribution in [-0.2, 0) is 13.0 Å². The van der Waals surface area contributed by atoms with E-state index in [-0.39, 0.29) is 0 Å². The van der Waals surface area contributed by atoms with Gasteiger partial charge >= 0.3 is 8.56 Å². The molecule has 2 N–H and O–H groups in total. The second kappa shape index (κ2) is 8.06. The van der Waals surface area contributed by atoms with Crippen LogP contribution >= 0.6 is 0 Å². The molecule has 0 unspecified atom stereocenters. The molecule has 4 nitrogen and oxygen atoms in total. The van der Waals surface area contributed by atoms with Gasteiger partial charge in [-0.15, -0.1) is 0 Å². The highest BCUT2D eigenvalue weighted by Crippen LogP contribution is 2.25. The molecule has 0 radical (unpaired) electrons. The Kier molecular flexibility index (Phi) is 8.27. The normalized spacial score (nSPS) is 13.9. The Morgan fingerprint density at radius 2 is 1.26 bits per heavy atom. The van der Waals surface area contributed by atoms with Crippen LogP contribution in [0, 0.1) is 0 Å². The zero-order valence-corrected chi connectivity index (χ0v) is 16.8. The van der Waals surface area contributed by atoms with Gasteiger partial charge in [-0.2, -0.15) is 0 Å². The second-order valence-electron chi connectivity index (χ2n) is 7.07. The van der Waals surface area contributed by atoms with Gasteiger partial charge in [0.2, 0.25) is 0 Å². The first kappa shape index (κ1) is 19.5. The van der Waals surface area contributed by atoms with Crippen LogP contribution in [-0.4, -0.2) is 45.0 Å². The van der Waals surface area contributed by atoms with E-state index < -0.39 is 25.2 Å². The van der Waals surface area contributed by atoms with Crippen LogP contribution in [0.1, 0.15) is 6.42 Å². The summed E-state index contributed by atoms with van der Waals surface area (Å²) >= 11 is 0. The van der Waals surface area contributed by atoms with Gasteiger partial charge in [-0.1, -0.05) is 0 Å². The quantitative estimate of drug-likeness (QED) is 0.496. The maximum atomic E-state index is 6.42. The Bertz CT molecular complexity index is 236. The first-order chi connectivity index (χ1) is 8.47. The van der Waals surface area contributed by atoms with Crippen molar-refractivity contribution in [2.24, 2.45) is 5.73 Å². The van der Waals surface area contributed by atoms with E-state index in [0.29, 0.717) is 13.2 Å². The smallest absolute Gasteiger partial charge is 0.314 e. The van der Waals surface area contributed by atoms with E-state index in [1.807, 2.05) is 0 Å². The average Bonchev–Trinajstić information content (AvgIpc) is 2.10. The summed E-state index contributed by atoms with van der Waals surface area (Å²) in [7, 11) is -5.21. The summed E-state index contributed by atoms with van der Waals surface area (Å²) < 4.78 is 18.3. The lowest BCUT2D eigenvalue weighted by atomic mass is 10.5. The van der Waals surface area contributed by atoms with Gasteiger partial charge in [0.15, 0.2) is 16.6 Å². The second-order valence-corrected chi connectivity index (χ2v) is 19.9. The predicted molar refractivity (Wildman–Crippen MR) is 89.8 cm³/mol. The van der Waals surface area contributed by atoms with Crippen molar-refractivity contribution >= 4 is 25.2 Å². The van der Waals surface area contributed by atoms with Crippen LogP contribution in [0.4, 0.5) is 0 Å². The predicted octanol–water partition coefficient (Wildman–Crippen LogP) is 3.13. The highest BCUT2D eigenvalue weighted by molar-refractivity contribution is 6.87. The van der Waals surface area contributed by atoms with Gasteiger partial charge in [-0.3, -0.25) is 0 Å². The highest BCUT2D eigenvalue weighted by Gasteiger charge is 2.39. The van der Waals surface area contributed by atoms with Gasteiger partial charge in [0.05, 0.1) is 6.61 Å². The molecule has 0 aromatic carbocycles. The first-order valence-corrected chi connectivity index (χ1v) is 16.5. The molecule has 0 aliphatic heterocycles. The van der Waals surface area contributed by atoms with Crippen LogP contribution in [0.2, 0.25) is 51.9 Å². The fraction of sp³-hybridized carbons (Fsp3) is 1.00. The molecule has 0 rings (SSSR count). The third-order valence-corrected chi connectivity index (χ3v) is 11.8. The van der Waals surface area contributed by atoms with Crippen molar-refractivity contribution < 1.29 is 13.0 Å². The molecule has 0 amide bonds. The SMILES string of the molecule is C[Si](C)(C)O[Si](C)(CCCOCCN)O[Si](C)(C)C. The Labute approximate surface area is 122 Å². The van der Waals surface area contributed by atoms with Crippen LogP contribution in [0.15, 0.2) is 0 Å². The fourth-order valence-corrected chi connectivity index (χ4v) is 14.6. The van der Waals surface area contributed by atoms with Crippen molar-refractivity contribution in [3.05, 3.63) is 0 Å². The van der Waals surface area contributed by atoms with E-state index in [0.717, 1.165) is 19.1 Å². The summed E-state index contributed by atoms with van der Waals surface area (Å²) in [5, 5.41) is 0. The van der Waals surface area contributed by atoms with Gasteiger partial charge in [-0.25, -0.2) is 0 Å². The van der Waals surface area contributed by atoms with Crippen molar-refractivity contribution in [1.29, 1.82) is 0 Å². The molecule has 0 aromatic rings. The molecule has 7 heteroatoms. The molecule has 0 aliphatic carbocycles. The van der Waals surface area contributed by atoms with Crippen molar-refractivity contribution in [2.75, 3.05) is 19.8 Å². The third kappa shape index (κ3) is 12.0. The van der Waals surface area contributed by atoms with Gasteiger partial charge in [0.1, 0.15) is 0 Å². The van der Waals surface area contributed by atoms with Crippen molar-refractivity contribution in [2.45, 2.75) is 58.3 Å². The van der Waals surface area contributed by atoms with Gasteiger partial charge in [-0.05, 0) is 58.3 Å². The van der Waals surface area contributed by atoms with E-state index in [4.69, 9.17) is 18.7 Å². The van der Waals surface area contributed by atoms with Crippen LogP contribution in [0.25, 0.3) is 0 Å². The molecule has 19 heavy (non-hydrogen) atoms. The molecule has 0 saturated carbocycles. The topological polar surface area (TPSA) is 53.7 Å². The summed E-state index contributed by atoms with van der Waals surface area (Å²) in [6.45, 7) is 17.6. The summed E-state index contributed by atoms with van der Waals surface area (Å²) in [4.78, 5) is 0. The lowest BCUT2D eigenvalue weighted by Crippen LogP contribution is -2.52. The number of hydrogen-bond donors (Lipinski definition) is 1. The van der Waals surface area contributed by atoms with Gasteiger partial charge in [0.25, 0.3) is 0 Å². The van der Waals surface area contributed by atoms with E-state index in [1.165, 1.54) is 0 Å². The fourth-order valence-electron chi connectivity index (χ4n) is 2.10. The van der Waals surface area contributed by atoms with E-state index in [1.54, 1.807) is 0 Å². The zero-order valence-electron chi connectivity index (χ0n) is 13.8. The molecule has 0 spiro atoms. The molecule has 0 atom stereocenters. The monoisotopic (exact) mass is 323 g/mol. The lowest BCUT2D eigenvalue weighted by Gasteiger charge is -2.38. The van der Waals surface area contributed by atoms with E-state index in [9.17, 15) is 0 Å². The standard InChI is InChI=1S/C12H33NO3Si3/c1-17(2,3)15-19(7,16-18(4,5)6)12-8-10-14-11-9-13/h8-13H2,1-7H3. The van der Waals surface area contributed by atoms with E-state index >= 15 is 0 Å². The molecule has 0 bridgehead atoms. The van der Waals surface area contributed by atoms with Crippen LogP contribution < -0.4 is 5.73 Å². The van der Waals surface area contributed by atoms with Crippen molar-refractivity contribution in [1.82, 2.24) is 0 Å². The maximum absolute atomic E-state index is 6.42. The molecule has 116 valence electrons. The largest absolute Gasteiger partial charge is 0.437 e. The lowest BCUT2D eigenvalue weighted by molar-refractivity contribution is 0.140. The molecular weight excluding hydrogens is 290 g/mol. The first-order valence-electron chi connectivity index (χ1n) is 7.16. The van der Waals surface area contributed by atoms with Crippen molar-refractivity contribution in [3.63, 3.8) is 0 Å². The molecule has 0 aromatic heterocycles. The molecule has 0 heterocycles. The maximum Gasteiger partial charge on any atom is 0.314 e. The van der Waals surface area contributed by atoms with Crippen LogP contribution in [0.5, 0.6) is 0 Å². The number of hydrogen-bond acceptors (Lipinski definition) is 4. The van der Waals surface area contributed by atoms with Gasteiger partial charge < -0.3 is 18.7 Å². The zero-order chi connectivity index (χ0) is 15.2. The molecule has 0 aliphatic rings. The summed E-state index contributed by atoms with van der Waals surface area (Å²) in [6, 6.07) is 1.01. The number of nitrogens with two attached hydrogens (primary N) is 1. The van der Waals surface area contributed by atoms with Crippen LogP contribution in [0.3, 0.4) is 0 Å². The summed E-state index contributed by atoms with van der Waals surface area (Å²) in [6.07, 6.45) is 0.998. The summed E-state index contributed by atoms with van der Waals surface area (Å²) in [5.41, 5.74) is 5.41. The molecule has 0 saturated heterocycles. The van der Waals surface area contributed by atoms with Crippen molar-refractivity contribution in [3.8, 4) is 0 Å². The molecular formula is C12H33NO3Si3. The minimum Gasteiger partial charge on any atom is -0.437 e. The third-order valence-electron chi connectivity index (χ3n) is 2.23. The Morgan fingerprint density at radius 1 is 0.789 bits per heavy atom.